The Hall–Kier alpha value is -1.81. The summed E-state index contributed by atoms with van der Waals surface area (Å²) in [4.78, 5) is 4.38. The maximum atomic E-state index is 6.03. The van der Waals surface area contributed by atoms with Crippen molar-refractivity contribution in [3.8, 4) is 0 Å². The van der Waals surface area contributed by atoms with Gasteiger partial charge in [0.1, 0.15) is 6.54 Å². The van der Waals surface area contributed by atoms with Crippen LogP contribution in [0.2, 0.25) is 5.02 Å². The molecule has 0 saturated heterocycles. The highest BCUT2D eigenvalue weighted by atomic mass is 35.5. The van der Waals surface area contributed by atoms with Crippen molar-refractivity contribution in [1.82, 2.24) is 14.7 Å². The molecule has 0 aliphatic carbocycles. The first-order valence-electron chi connectivity index (χ1n) is 6.20. The lowest BCUT2D eigenvalue weighted by Gasteiger charge is -2.01. The summed E-state index contributed by atoms with van der Waals surface area (Å²) in [6, 6.07) is 7.88. The lowest BCUT2D eigenvalue weighted by atomic mass is 10.2. The Morgan fingerprint density at radius 2 is 2.16 bits per heavy atom. The maximum absolute atomic E-state index is 6.03. The van der Waals surface area contributed by atoms with Crippen LogP contribution in [0.15, 0.2) is 35.0 Å². The first-order valence-corrected chi connectivity index (χ1v) is 6.58. The van der Waals surface area contributed by atoms with Crippen LogP contribution in [-0.2, 0) is 6.54 Å². The van der Waals surface area contributed by atoms with E-state index in [-0.39, 0.29) is 5.92 Å². The minimum Gasteiger partial charge on any atom is -0.338 e. The molecule has 0 bridgehead atoms. The van der Waals surface area contributed by atoms with E-state index in [2.05, 4.69) is 14.7 Å². The topological polar surface area (TPSA) is 43.9 Å². The van der Waals surface area contributed by atoms with Crippen molar-refractivity contribution in [2.45, 2.75) is 26.3 Å². The van der Waals surface area contributed by atoms with Crippen LogP contribution in [0, 0.1) is 0 Å². The van der Waals surface area contributed by atoms with Crippen LogP contribution in [0.3, 0.4) is 0 Å². The predicted molar refractivity (Wildman–Crippen MR) is 74.4 cm³/mol. The molecular weight excluding hydrogens is 262 g/mol. The molecule has 0 aliphatic heterocycles. The average Bonchev–Trinajstić information content (AvgIpc) is 2.98. The first-order chi connectivity index (χ1) is 9.13. The Labute approximate surface area is 116 Å². The van der Waals surface area contributed by atoms with Gasteiger partial charge < -0.3 is 9.09 Å². The van der Waals surface area contributed by atoms with Crippen LogP contribution in [0.25, 0.3) is 10.9 Å². The van der Waals surface area contributed by atoms with Gasteiger partial charge in [0.25, 0.3) is 0 Å². The van der Waals surface area contributed by atoms with Crippen molar-refractivity contribution in [3.05, 3.63) is 47.2 Å². The number of rotatable bonds is 3. The second kappa shape index (κ2) is 4.70. The molecule has 3 aromatic rings. The van der Waals surface area contributed by atoms with Gasteiger partial charge in [0.15, 0.2) is 5.82 Å². The minimum atomic E-state index is 0.272. The van der Waals surface area contributed by atoms with Crippen molar-refractivity contribution in [1.29, 1.82) is 0 Å². The van der Waals surface area contributed by atoms with Gasteiger partial charge in [0.2, 0.25) is 5.89 Å². The molecule has 0 unspecified atom stereocenters. The zero-order valence-corrected chi connectivity index (χ0v) is 11.6. The van der Waals surface area contributed by atoms with E-state index >= 15 is 0 Å². The van der Waals surface area contributed by atoms with E-state index in [1.807, 2.05) is 44.3 Å². The van der Waals surface area contributed by atoms with E-state index in [1.165, 1.54) is 0 Å². The Kier molecular flexibility index (Phi) is 3.03. The molecule has 0 saturated carbocycles. The van der Waals surface area contributed by atoms with Gasteiger partial charge >= 0.3 is 0 Å². The zero-order chi connectivity index (χ0) is 13.4. The number of halogens is 1. The Bertz CT molecular complexity index is 714. The summed E-state index contributed by atoms with van der Waals surface area (Å²) in [6.07, 6.45) is 2.00. The van der Waals surface area contributed by atoms with Gasteiger partial charge in [-0.15, -0.1) is 0 Å². The average molecular weight is 276 g/mol. The van der Waals surface area contributed by atoms with E-state index < -0.39 is 0 Å². The summed E-state index contributed by atoms with van der Waals surface area (Å²) in [5.74, 6) is 1.62. The second-order valence-electron chi connectivity index (χ2n) is 4.85. The van der Waals surface area contributed by atoms with Crippen molar-refractivity contribution in [2.24, 2.45) is 0 Å². The molecule has 0 N–H and O–H groups in total. The summed E-state index contributed by atoms with van der Waals surface area (Å²) in [5.41, 5.74) is 1.07. The molecular formula is C14H14ClN3O. The second-order valence-corrected chi connectivity index (χ2v) is 5.28. The lowest BCUT2D eigenvalue weighted by molar-refractivity contribution is 0.366. The Morgan fingerprint density at radius 1 is 1.32 bits per heavy atom. The first kappa shape index (κ1) is 12.2. The fraction of sp³-hybridized carbons (Fsp3) is 0.286. The largest absolute Gasteiger partial charge is 0.338 e. The minimum absolute atomic E-state index is 0.272. The smallest absolute Gasteiger partial charge is 0.246 e. The Balaban J connectivity index is 1.94. The molecule has 0 spiro atoms. The highest BCUT2D eigenvalue weighted by molar-refractivity contribution is 6.31. The number of hydrogen-bond acceptors (Lipinski definition) is 3. The van der Waals surface area contributed by atoms with Crippen molar-refractivity contribution in [3.63, 3.8) is 0 Å². The number of aromatic nitrogens is 3. The third-order valence-corrected chi connectivity index (χ3v) is 3.28. The van der Waals surface area contributed by atoms with E-state index in [9.17, 15) is 0 Å². The molecule has 2 aromatic heterocycles. The van der Waals surface area contributed by atoms with Crippen LogP contribution in [-0.4, -0.2) is 14.7 Å². The third kappa shape index (κ3) is 2.36. The normalized spacial score (nSPS) is 11.6. The van der Waals surface area contributed by atoms with Gasteiger partial charge in [-0.25, -0.2) is 0 Å². The molecule has 0 amide bonds. The molecule has 19 heavy (non-hydrogen) atoms. The summed E-state index contributed by atoms with van der Waals surface area (Å²) < 4.78 is 7.32. The highest BCUT2D eigenvalue weighted by Gasteiger charge is 2.11. The molecule has 0 aliphatic rings. The standard InChI is InChI=1S/C14H14ClN3O/c1-9(2)14-16-13(19-17-14)8-18-6-5-10-3-4-11(15)7-12(10)18/h3-7,9H,8H2,1-2H3. The van der Waals surface area contributed by atoms with Gasteiger partial charge in [-0.1, -0.05) is 36.7 Å². The van der Waals surface area contributed by atoms with E-state index in [0.717, 1.165) is 21.7 Å². The van der Waals surface area contributed by atoms with Crippen LogP contribution >= 0.6 is 11.6 Å². The van der Waals surface area contributed by atoms with Crippen molar-refractivity contribution < 1.29 is 4.52 Å². The number of fused-ring (bicyclic) bond motifs is 1. The number of benzene rings is 1. The summed E-state index contributed by atoms with van der Waals surface area (Å²) >= 11 is 6.03. The molecule has 0 atom stereocenters. The monoisotopic (exact) mass is 275 g/mol. The zero-order valence-electron chi connectivity index (χ0n) is 10.8. The van der Waals surface area contributed by atoms with Crippen molar-refractivity contribution in [2.75, 3.05) is 0 Å². The molecule has 5 heteroatoms. The van der Waals surface area contributed by atoms with Crippen molar-refractivity contribution >= 4 is 22.5 Å². The maximum Gasteiger partial charge on any atom is 0.246 e. The molecule has 2 heterocycles. The highest BCUT2D eigenvalue weighted by Crippen LogP contribution is 2.21. The van der Waals surface area contributed by atoms with Gasteiger partial charge in [0, 0.05) is 22.7 Å². The number of hydrogen-bond donors (Lipinski definition) is 0. The van der Waals surface area contributed by atoms with E-state index in [4.69, 9.17) is 16.1 Å². The van der Waals surface area contributed by atoms with E-state index in [1.54, 1.807) is 0 Å². The number of nitrogens with zero attached hydrogens (tertiary/aromatic N) is 3. The van der Waals surface area contributed by atoms with Crippen LogP contribution < -0.4 is 0 Å². The SMILES string of the molecule is CC(C)c1noc(Cn2ccc3ccc(Cl)cc32)n1. The molecule has 3 rings (SSSR count). The van der Waals surface area contributed by atoms with E-state index in [0.29, 0.717) is 12.4 Å². The van der Waals surface area contributed by atoms with Gasteiger partial charge in [-0.05, 0) is 23.6 Å². The summed E-state index contributed by atoms with van der Waals surface area (Å²) in [5, 5.41) is 5.84. The van der Waals surface area contributed by atoms with Gasteiger partial charge in [-0.3, -0.25) is 0 Å². The van der Waals surface area contributed by atoms with Crippen LogP contribution in [0.4, 0.5) is 0 Å². The summed E-state index contributed by atoms with van der Waals surface area (Å²) in [6.45, 7) is 4.64. The lowest BCUT2D eigenvalue weighted by Crippen LogP contribution is -1.98. The quantitative estimate of drug-likeness (QED) is 0.729. The fourth-order valence-corrected chi connectivity index (χ4v) is 2.17. The third-order valence-electron chi connectivity index (χ3n) is 3.04. The molecule has 0 radical (unpaired) electrons. The van der Waals surface area contributed by atoms with Crippen LogP contribution in [0.1, 0.15) is 31.5 Å². The predicted octanol–water partition coefficient (Wildman–Crippen LogP) is 3.85. The summed E-state index contributed by atoms with van der Waals surface area (Å²) in [7, 11) is 0. The Morgan fingerprint density at radius 3 is 2.89 bits per heavy atom. The molecule has 98 valence electrons. The van der Waals surface area contributed by atoms with Crippen LogP contribution in [0.5, 0.6) is 0 Å². The molecule has 1 aromatic carbocycles. The molecule has 4 nitrogen and oxygen atoms in total. The van der Waals surface area contributed by atoms with Gasteiger partial charge in [-0.2, -0.15) is 4.98 Å². The van der Waals surface area contributed by atoms with Gasteiger partial charge in [0.05, 0.1) is 0 Å². The fourth-order valence-electron chi connectivity index (χ4n) is 2.01. The molecule has 0 fully saturated rings.